The Kier molecular flexibility index (Phi) is 2.39. The van der Waals surface area contributed by atoms with E-state index in [2.05, 4.69) is 22.5 Å². The minimum atomic E-state index is 0.685. The van der Waals surface area contributed by atoms with Gasteiger partial charge in [0.25, 0.3) is 0 Å². The Labute approximate surface area is 102 Å². The molecule has 3 rings (SSSR count). The average molecular weight is 227 g/mol. The van der Waals surface area contributed by atoms with Crippen molar-refractivity contribution >= 4 is 5.70 Å². The molecule has 0 atom stereocenters. The van der Waals surface area contributed by atoms with Gasteiger partial charge in [-0.05, 0) is 25.0 Å². The molecule has 1 aliphatic heterocycles. The molecule has 3 nitrogen and oxygen atoms in total. The highest BCUT2D eigenvalue weighted by atomic mass is 15.2. The highest BCUT2D eigenvalue weighted by Crippen LogP contribution is 2.37. The lowest BCUT2D eigenvalue weighted by atomic mass is 10.1. The summed E-state index contributed by atoms with van der Waals surface area (Å²) in [5.74, 6) is 0. The lowest BCUT2D eigenvalue weighted by Gasteiger charge is -2.22. The van der Waals surface area contributed by atoms with Crippen LogP contribution in [-0.4, -0.2) is 23.0 Å². The molecule has 3 heteroatoms. The predicted octanol–water partition coefficient (Wildman–Crippen LogP) is 1.92. The maximum atomic E-state index is 5.93. The van der Waals surface area contributed by atoms with Crippen molar-refractivity contribution in [3.05, 3.63) is 47.4 Å². The topological polar surface area (TPSA) is 42.1 Å². The van der Waals surface area contributed by atoms with Crippen LogP contribution in [0, 0.1) is 0 Å². The van der Waals surface area contributed by atoms with Crippen molar-refractivity contribution in [2.75, 3.05) is 13.1 Å². The minimum Gasteiger partial charge on any atom is -0.399 e. The largest absolute Gasteiger partial charge is 0.399 e. The van der Waals surface area contributed by atoms with Crippen molar-refractivity contribution in [3.63, 3.8) is 0 Å². The molecule has 0 saturated carbocycles. The first-order valence-electron chi connectivity index (χ1n) is 6.14. The molecule has 0 spiro atoms. The van der Waals surface area contributed by atoms with E-state index in [1.54, 1.807) is 0 Å². The van der Waals surface area contributed by atoms with Gasteiger partial charge in [0.2, 0.25) is 0 Å². The van der Waals surface area contributed by atoms with Crippen LogP contribution in [0.25, 0.3) is 5.70 Å². The van der Waals surface area contributed by atoms with Gasteiger partial charge in [-0.3, -0.25) is 4.98 Å². The molecule has 0 aromatic carbocycles. The summed E-state index contributed by atoms with van der Waals surface area (Å²) < 4.78 is 0. The Balaban J connectivity index is 2.09. The van der Waals surface area contributed by atoms with Gasteiger partial charge in [-0.1, -0.05) is 6.58 Å². The maximum Gasteiger partial charge on any atom is 0.0542 e. The van der Waals surface area contributed by atoms with Gasteiger partial charge in [-0.15, -0.1) is 0 Å². The number of allylic oxidation sites excluding steroid dienone is 1. The fourth-order valence-corrected chi connectivity index (χ4v) is 2.78. The van der Waals surface area contributed by atoms with E-state index < -0.39 is 0 Å². The van der Waals surface area contributed by atoms with Gasteiger partial charge in [-0.2, -0.15) is 0 Å². The number of hydrogen-bond donors (Lipinski definition) is 1. The van der Waals surface area contributed by atoms with Crippen LogP contribution in [0.4, 0.5) is 0 Å². The SMILES string of the molecule is C=C(N)C1=C(N2CCCC2)c2cccnc2C1. The van der Waals surface area contributed by atoms with Gasteiger partial charge in [0.05, 0.1) is 11.4 Å². The molecule has 88 valence electrons. The third kappa shape index (κ3) is 1.62. The molecule has 0 radical (unpaired) electrons. The van der Waals surface area contributed by atoms with Gasteiger partial charge in [0.15, 0.2) is 0 Å². The Morgan fingerprint density at radius 3 is 2.82 bits per heavy atom. The second kappa shape index (κ2) is 3.91. The van der Waals surface area contributed by atoms with Crippen molar-refractivity contribution in [3.8, 4) is 0 Å². The van der Waals surface area contributed by atoms with Crippen LogP contribution in [0.15, 0.2) is 36.2 Å². The van der Waals surface area contributed by atoms with E-state index in [0.717, 1.165) is 25.2 Å². The third-order valence-corrected chi connectivity index (χ3v) is 3.59. The van der Waals surface area contributed by atoms with E-state index in [1.165, 1.54) is 29.7 Å². The minimum absolute atomic E-state index is 0.685. The molecule has 2 aliphatic rings. The highest BCUT2D eigenvalue weighted by molar-refractivity contribution is 5.77. The molecular formula is C14H17N3. The molecule has 17 heavy (non-hydrogen) atoms. The number of rotatable bonds is 2. The molecule has 1 saturated heterocycles. The van der Waals surface area contributed by atoms with Crippen LogP contribution in [-0.2, 0) is 6.42 Å². The Morgan fingerprint density at radius 1 is 1.35 bits per heavy atom. The smallest absolute Gasteiger partial charge is 0.0542 e. The van der Waals surface area contributed by atoms with E-state index in [9.17, 15) is 0 Å². The molecule has 2 heterocycles. The Morgan fingerprint density at radius 2 is 2.12 bits per heavy atom. The summed E-state index contributed by atoms with van der Waals surface area (Å²) in [5, 5.41) is 0. The van der Waals surface area contributed by atoms with Crippen LogP contribution < -0.4 is 5.73 Å². The summed E-state index contributed by atoms with van der Waals surface area (Å²) in [6.45, 7) is 6.16. The van der Waals surface area contributed by atoms with Gasteiger partial charge in [0.1, 0.15) is 0 Å². The van der Waals surface area contributed by atoms with Crippen LogP contribution >= 0.6 is 0 Å². The zero-order valence-corrected chi connectivity index (χ0v) is 9.95. The van der Waals surface area contributed by atoms with Gasteiger partial charge >= 0.3 is 0 Å². The van der Waals surface area contributed by atoms with Crippen LogP contribution in [0.5, 0.6) is 0 Å². The second-order valence-corrected chi connectivity index (χ2v) is 4.72. The van der Waals surface area contributed by atoms with Crippen LogP contribution in [0.1, 0.15) is 24.1 Å². The Hall–Kier alpha value is -1.77. The Bertz CT molecular complexity index is 496. The number of aromatic nitrogens is 1. The first-order valence-corrected chi connectivity index (χ1v) is 6.14. The number of nitrogens with two attached hydrogens (primary N) is 1. The lowest BCUT2D eigenvalue weighted by molar-refractivity contribution is 0.492. The van der Waals surface area contributed by atoms with E-state index in [1.807, 2.05) is 12.3 Å². The molecular weight excluding hydrogens is 210 g/mol. The van der Waals surface area contributed by atoms with Crippen molar-refractivity contribution in [2.24, 2.45) is 5.73 Å². The van der Waals surface area contributed by atoms with E-state index >= 15 is 0 Å². The maximum absolute atomic E-state index is 5.93. The van der Waals surface area contributed by atoms with Gasteiger partial charge in [0, 0.05) is 42.5 Å². The monoisotopic (exact) mass is 227 g/mol. The molecule has 1 fully saturated rings. The summed E-state index contributed by atoms with van der Waals surface area (Å²) in [6, 6.07) is 4.14. The first-order chi connectivity index (χ1) is 8.27. The zero-order chi connectivity index (χ0) is 11.8. The van der Waals surface area contributed by atoms with Crippen LogP contribution in [0.3, 0.4) is 0 Å². The summed E-state index contributed by atoms with van der Waals surface area (Å²) >= 11 is 0. The molecule has 1 aromatic rings. The van der Waals surface area contributed by atoms with Crippen molar-refractivity contribution in [1.29, 1.82) is 0 Å². The first kappa shape index (κ1) is 10.4. The summed E-state index contributed by atoms with van der Waals surface area (Å²) in [7, 11) is 0. The molecule has 0 unspecified atom stereocenters. The van der Waals surface area contributed by atoms with Gasteiger partial charge < -0.3 is 10.6 Å². The number of likely N-dealkylation sites (tertiary alicyclic amines) is 1. The van der Waals surface area contributed by atoms with Crippen molar-refractivity contribution in [2.45, 2.75) is 19.3 Å². The van der Waals surface area contributed by atoms with Crippen molar-refractivity contribution < 1.29 is 0 Å². The van der Waals surface area contributed by atoms with Crippen LogP contribution in [0.2, 0.25) is 0 Å². The number of nitrogens with zero attached hydrogens (tertiary/aromatic N) is 2. The number of fused-ring (bicyclic) bond motifs is 1. The highest BCUT2D eigenvalue weighted by Gasteiger charge is 2.28. The van der Waals surface area contributed by atoms with Gasteiger partial charge in [-0.25, -0.2) is 0 Å². The summed E-state index contributed by atoms with van der Waals surface area (Å²) in [4.78, 5) is 6.88. The molecule has 0 bridgehead atoms. The molecule has 2 N–H and O–H groups in total. The molecule has 0 amide bonds. The molecule has 1 aromatic heterocycles. The second-order valence-electron chi connectivity index (χ2n) is 4.72. The average Bonchev–Trinajstić information content (AvgIpc) is 2.94. The van der Waals surface area contributed by atoms with E-state index in [0.29, 0.717) is 5.70 Å². The summed E-state index contributed by atoms with van der Waals surface area (Å²) in [6.07, 6.45) is 5.22. The van der Waals surface area contributed by atoms with Crippen molar-refractivity contribution in [1.82, 2.24) is 9.88 Å². The summed E-state index contributed by atoms with van der Waals surface area (Å²) in [5.41, 5.74) is 11.4. The quantitative estimate of drug-likeness (QED) is 0.839. The third-order valence-electron chi connectivity index (χ3n) is 3.59. The number of hydrogen-bond acceptors (Lipinski definition) is 3. The van der Waals surface area contributed by atoms with E-state index in [4.69, 9.17) is 5.73 Å². The zero-order valence-electron chi connectivity index (χ0n) is 9.95. The fourth-order valence-electron chi connectivity index (χ4n) is 2.78. The standard InChI is InChI=1S/C14H17N3/c1-10(15)12-9-13-11(5-4-6-16-13)14(12)17-7-2-3-8-17/h4-6H,1-3,7-9,15H2. The molecule has 1 aliphatic carbocycles. The fraction of sp³-hybridized carbons (Fsp3) is 0.357. The normalized spacial score (nSPS) is 18.7. The number of pyridine rings is 1. The lowest BCUT2D eigenvalue weighted by Crippen LogP contribution is -2.19. The predicted molar refractivity (Wildman–Crippen MR) is 69.0 cm³/mol. The van der Waals surface area contributed by atoms with E-state index in [-0.39, 0.29) is 0 Å².